The maximum absolute atomic E-state index is 12.0. The van der Waals surface area contributed by atoms with Crippen LogP contribution in [0.25, 0.3) is 0 Å². The highest BCUT2D eigenvalue weighted by Crippen LogP contribution is 2.22. The number of benzene rings is 1. The van der Waals surface area contributed by atoms with Gasteiger partial charge in [0.25, 0.3) is 5.91 Å². The van der Waals surface area contributed by atoms with Gasteiger partial charge in [-0.05, 0) is 18.6 Å². The molecule has 0 aliphatic heterocycles. The summed E-state index contributed by atoms with van der Waals surface area (Å²) < 4.78 is 0. The summed E-state index contributed by atoms with van der Waals surface area (Å²) in [4.78, 5) is 19.7. The first-order chi connectivity index (χ1) is 9.08. The highest BCUT2D eigenvalue weighted by atomic mass is 35.5. The van der Waals surface area contributed by atoms with Crippen LogP contribution in [0.1, 0.15) is 29.0 Å². The molecule has 1 aromatic heterocycles. The summed E-state index contributed by atoms with van der Waals surface area (Å²) in [6.45, 7) is 1.85. The van der Waals surface area contributed by atoms with Crippen LogP contribution >= 0.6 is 23.2 Å². The lowest BCUT2D eigenvalue weighted by atomic mass is 10.1. The summed E-state index contributed by atoms with van der Waals surface area (Å²) in [5.74, 6) is -0.323. The molecule has 1 aromatic carbocycles. The van der Waals surface area contributed by atoms with Gasteiger partial charge in [-0.2, -0.15) is 0 Å². The summed E-state index contributed by atoms with van der Waals surface area (Å²) in [7, 11) is 0. The average Bonchev–Trinajstić information content (AvgIpc) is 2.39. The molecule has 0 radical (unpaired) electrons. The Morgan fingerprint density at radius 2 is 1.95 bits per heavy atom. The molecule has 1 atom stereocenters. The van der Waals surface area contributed by atoms with E-state index >= 15 is 0 Å². The van der Waals surface area contributed by atoms with Crippen LogP contribution in [0.2, 0.25) is 10.2 Å². The second kappa shape index (κ2) is 5.99. The fourth-order valence-electron chi connectivity index (χ4n) is 1.60. The number of halogens is 2. The van der Waals surface area contributed by atoms with Crippen LogP contribution in [0.5, 0.6) is 0 Å². The molecule has 0 aliphatic carbocycles. The Kier molecular flexibility index (Phi) is 4.35. The summed E-state index contributed by atoms with van der Waals surface area (Å²) in [5.41, 5.74) is 1.06. The lowest BCUT2D eigenvalue weighted by Crippen LogP contribution is -2.27. The molecule has 0 fully saturated rings. The molecule has 2 rings (SSSR count). The zero-order valence-electron chi connectivity index (χ0n) is 10.1. The first-order valence-electron chi connectivity index (χ1n) is 5.61. The topological polar surface area (TPSA) is 54.9 Å². The molecule has 1 unspecified atom stereocenters. The van der Waals surface area contributed by atoms with Crippen molar-refractivity contribution in [3.8, 4) is 0 Å². The van der Waals surface area contributed by atoms with Gasteiger partial charge in [-0.15, -0.1) is 0 Å². The number of nitrogens with zero attached hydrogens (tertiary/aromatic N) is 2. The van der Waals surface area contributed by atoms with Gasteiger partial charge in [-0.25, -0.2) is 9.97 Å². The van der Waals surface area contributed by atoms with Crippen molar-refractivity contribution >= 4 is 29.1 Å². The lowest BCUT2D eigenvalue weighted by molar-refractivity contribution is 0.0934. The van der Waals surface area contributed by atoms with E-state index in [2.05, 4.69) is 15.3 Å². The first kappa shape index (κ1) is 13.8. The minimum atomic E-state index is -0.323. The number of aromatic nitrogens is 2. The summed E-state index contributed by atoms with van der Waals surface area (Å²) in [6, 6.07) is 7.12. The van der Waals surface area contributed by atoms with Crippen molar-refractivity contribution in [3.05, 3.63) is 58.1 Å². The van der Waals surface area contributed by atoms with E-state index in [4.69, 9.17) is 23.2 Å². The molecule has 98 valence electrons. The van der Waals surface area contributed by atoms with Crippen LogP contribution in [-0.2, 0) is 0 Å². The van der Waals surface area contributed by atoms with E-state index < -0.39 is 0 Å². The maximum Gasteiger partial charge on any atom is 0.271 e. The minimum Gasteiger partial charge on any atom is -0.344 e. The van der Waals surface area contributed by atoms with E-state index in [0.717, 1.165) is 5.56 Å². The molecule has 4 nitrogen and oxygen atoms in total. The predicted octanol–water partition coefficient (Wildman–Crippen LogP) is 3.27. The van der Waals surface area contributed by atoms with Crippen molar-refractivity contribution < 1.29 is 4.79 Å². The van der Waals surface area contributed by atoms with Crippen molar-refractivity contribution in [2.24, 2.45) is 0 Å². The Hall–Kier alpha value is -1.65. The fraction of sp³-hybridized carbons (Fsp3) is 0.154. The molecule has 0 saturated heterocycles. The molecule has 0 aliphatic rings. The van der Waals surface area contributed by atoms with Crippen LogP contribution in [0.4, 0.5) is 0 Å². The molecule has 19 heavy (non-hydrogen) atoms. The number of amides is 1. The normalized spacial score (nSPS) is 11.9. The number of nitrogens with one attached hydrogen (secondary N) is 1. The Morgan fingerprint density at radius 3 is 2.58 bits per heavy atom. The largest absolute Gasteiger partial charge is 0.344 e. The third-order valence-corrected chi connectivity index (χ3v) is 3.11. The van der Waals surface area contributed by atoms with E-state index in [9.17, 15) is 4.79 Å². The molecule has 0 spiro atoms. The van der Waals surface area contributed by atoms with Gasteiger partial charge in [0.1, 0.15) is 10.8 Å². The van der Waals surface area contributed by atoms with Crippen molar-refractivity contribution in [1.82, 2.24) is 15.3 Å². The van der Waals surface area contributed by atoms with E-state index in [1.165, 1.54) is 12.4 Å². The van der Waals surface area contributed by atoms with Crippen LogP contribution in [-0.4, -0.2) is 15.9 Å². The summed E-state index contributed by atoms with van der Waals surface area (Å²) in [5, 5.41) is 3.66. The lowest BCUT2D eigenvalue weighted by Gasteiger charge is -2.15. The van der Waals surface area contributed by atoms with E-state index in [1.807, 2.05) is 25.1 Å². The van der Waals surface area contributed by atoms with Gasteiger partial charge >= 0.3 is 0 Å². The van der Waals surface area contributed by atoms with Gasteiger partial charge < -0.3 is 5.32 Å². The monoisotopic (exact) mass is 295 g/mol. The summed E-state index contributed by atoms with van der Waals surface area (Å²) in [6.07, 6.45) is 2.66. The zero-order valence-corrected chi connectivity index (χ0v) is 11.6. The molecule has 1 N–H and O–H groups in total. The highest BCUT2D eigenvalue weighted by molar-refractivity contribution is 6.31. The number of rotatable bonds is 3. The molecule has 1 heterocycles. The number of hydrogen-bond donors (Lipinski definition) is 1. The van der Waals surface area contributed by atoms with E-state index in [0.29, 0.717) is 5.02 Å². The standard InChI is InChI=1S/C13H11Cl2N3O/c1-8(9-4-2-3-5-10(9)14)18-13(19)11-6-17-12(15)7-16-11/h2-8H,1H3,(H,18,19). The Labute approximate surface area is 120 Å². The van der Waals surface area contributed by atoms with E-state index in [-0.39, 0.29) is 22.8 Å². The van der Waals surface area contributed by atoms with Crippen LogP contribution in [0.3, 0.4) is 0 Å². The average molecular weight is 296 g/mol. The maximum atomic E-state index is 12.0. The quantitative estimate of drug-likeness (QED) is 0.945. The fourth-order valence-corrected chi connectivity index (χ4v) is 2.00. The summed E-state index contributed by atoms with van der Waals surface area (Å²) >= 11 is 11.7. The van der Waals surface area contributed by atoms with Gasteiger partial charge in [0.2, 0.25) is 0 Å². The van der Waals surface area contributed by atoms with E-state index in [1.54, 1.807) is 6.07 Å². The zero-order chi connectivity index (χ0) is 13.8. The SMILES string of the molecule is CC(NC(=O)c1cnc(Cl)cn1)c1ccccc1Cl. The molecule has 6 heteroatoms. The number of carbonyl (C=O) groups excluding carboxylic acids is 1. The second-order valence-electron chi connectivity index (χ2n) is 3.94. The van der Waals surface area contributed by atoms with Crippen LogP contribution < -0.4 is 5.32 Å². The van der Waals surface area contributed by atoms with Gasteiger partial charge in [0, 0.05) is 5.02 Å². The molecule has 1 amide bonds. The second-order valence-corrected chi connectivity index (χ2v) is 4.74. The third kappa shape index (κ3) is 3.43. The van der Waals surface area contributed by atoms with Gasteiger partial charge in [-0.1, -0.05) is 41.4 Å². The Morgan fingerprint density at radius 1 is 1.21 bits per heavy atom. The molecule has 0 bridgehead atoms. The van der Waals surface area contributed by atoms with Gasteiger partial charge in [0.15, 0.2) is 0 Å². The Balaban J connectivity index is 2.11. The predicted molar refractivity (Wildman–Crippen MR) is 74.4 cm³/mol. The van der Waals surface area contributed by atoms with Crippen molar-refractivity contribution in [1.29, 1.82) is 0 Å². The smallest absolute Gasteiger partial charge is 0.271 e. The van der Waals surface area contributed by atoms with Crippen LogP contribution in [0.15, 0.2) is 36.7 Å². The van der Waals surface area contributed by atoms with Gasteiger partial charge in [-0.3, -0.25) is 4.79 Å². The van der Waals surface area contributed by atoms with Crippen molar-refractivity contribution in [2.45, 2.75) is 13.0 Å². The minimum absolute atomic E-state index is 0.211. The number of carbonyl (C=O) groups is 1. The van der Waals surface area contributed by atoms with Crippen molar-refractivity contribution in [2.75, 3.05) is 0 Å². The van der Waals surface area contributed by atoms with Crippen LogP contribution in [0, 0.1) is 0 Å². The Bertz CT molecular complexity index is 587. The third-order valence-electron chi connectivity index (χ3n) is 2.57. The van der Waals surface area contributed by atoms with Crippen molar-refractivity contribution in [3.63, 3.8) is 0 Å². The van der Waals surface area contributed by atoms with Gasteiger partial charge in [0.05, 0.1) is 18.4 Å². The molecular formula is C13H11Cl2N3O. The molecular weight excluding hydrogens is 285 g/mol. The first-order valence-corrected chi connectivity index (χ1v) is 6.36. The highest BCUT2D eigenvalue weighted by Gasteiger charge is 2.14. The number of hydrogen-bond acceptors (Lipinski definition) is 3. The molecule has 0 saturated carbocycles. The molecule has 2 aromatic rings.